The largest absolute Gasteiger partial charge is 0.357 e. The second kappa shape index (κ2) is 10.9. The van der Waals surface area contributed by atoms with Crippen LogP contribution in [-0.2, 0) is 10.0 Å². The molecule has 6 nitrogen and oxygen atoms in total. The summed E-state index contributed by atoms with van der Waals surface area (Å²) in [6, 6.07) is 0.289. The monoisotopic (exact) mass is 360 g/mol. The van der Waals surface area contributed by atoms with Crippen molar-refractivity contribution in [2.75, 3.05) is 31.9 Å². The number of piperidine rings is 1. The molecule has 1 aliphatic rings. The summed E-state index contributed by atoms with van der Waals surface area (Å²) in [4.78, 5) is 4.71. The van der Waals surface area contributed by atoms with Crippen LogP contribution in [0.1, 0.15) is 59.8 Å². The van der Waals surface area contributed by atoms with Crippen molar-refractivity contribution >= 4 is 16.0 Å². The van der Waals surface area contributed by atoms with E-state index in [1.54, 1.807) is 4.31 Å². The molecule has 0 spiro atoms. The fourth-order valence-electron chi connectivity index (χ4n) is 2.95. The van der Waals surface area contributed by atoms with Crippen LogP contribution in [0.15, 0.2) is 4.99 Å². The van der Waals surface area contributed by atoms with Gasteiger partial charge in [-0.25, -0.2) is 12.7 Å². The van der Waals surface area contributed by atoms with Crippen molar-refractivity contribution in [3.63, 3.8) is 0 Å². The highest BCUT2D eigenvalue weighted by molar-refractivity contribution is 7.89. The molecule has 0 aliphatic carbocycles. The summed E-state index contributed by atoms with van der Waals surface area (Å²) in [5.74, 6) is 1.74. The van der Waals surface area contributed by atoms with Gasteiger partial charge in [0.05, 0.1) is 5.75 Å². The van der Waals surface area contributed by atoms with E-state index < -0.39 is 10.0 Å². The molecule has 142 valence electrons. The molecule has 7 heteroatoms. The van der Waals surface area contributed by atoms with Gasteiger partial charge in [0.15, 0.2) is 5.96 Å². The van der Waals surface area contributed by atoms with Gasteiger partial charge in [0.1, 0.15) is 0 Å². The lowest BCUT2D eigenvalue weighted by Crippen LogP contribution is -2.50. The average Bonchev–Trinajstić information content (AvgIpc) is 2.56. The topological polar surface area (TPSA) is 73.8 Å². The number of hydrogen-bond acceptors (Lipinski definition) is 3. The normalized spacial score (nSPS) is 18.1. The second-order valence-electron chi connectivity index (χ2n) is 6.54. The molecule has 0 bridgehead atoms. The molecule has 1 rings (SSSR count). The molecule has 24 heavy (non-hydrogen) atoms. The third kappa shape index (κ3) is 6.97. The third-order valence-corrected chi connectivity index (χ3v) is 6.73. The van der Waals surface area contributed by atoms with E-state index in [0.717, 1.165) is 44.7 Å². The number of nitrogens with one attached hydrogen (secondary N) is 2. The predicted molar refractivity (Wildman–Crippen MR) is 102 cm³/mol. The van der Waals surface area contributed by atoms with Crippen molar-refractivity contribution in [3.05, 3.63) is 0 Å². The van der Waals surface area contributed by atoms with E-state index in [-0.39, 0.29) is 11.8 Å². The maximum absolute atomic E-state index is 12.1. The number of guanidine groups is 1. The quantitative estimate of drug-likeness (QED) is 0.488. The summed E-state index contributed by atoms with van der Waals surface area (Å²) in [5.41, 5.74) is 0. The fraction of sp³-hybridized carbons (Fsp3) is 0.941. The van der Waals surface area contributed by atoms with Crippen molar-refractivity contribution in [2.24, 2.45) is 10.9 Å². The first-order valence-electron chi connectivity index (χ1n) is 9.49. The van der Waals surface area contributed by atoms with Crippen LogP contribution in [0.3, 0.4) is 0 Å². The first-order chi connectivity index (χ1) is 11.5. The molecule has 0 aromatic heterocycles. The van der Waals surface area contributed by atoms with Gasteiger partial charge in [0.2, 0.25) is 10.0 Å². The third-order valence-electron chi connectivity index (χ3n) is 4.66. The summed E-state index contributed by atoms with van der Waals surface area (Å²) >= 11 is 0. The SMILES string of the molecule is CCCS(=O)(=O)N1CCC(NC(=NCC(CC)CC)NCC)CC1. The maximum Gasteiger partial charge on any atom is 0.214 e. The van der Waals surface area contributed by atoms with Gasteiger partial charge < -0.3 is 10.6 Å². The number of sulfonamides is 1. The zero-order valence-electron chi connectivity index (χ0n) is 15.8. The van der Waals surface area contributed by atoms with Gasteiger partial charge in [0.25, 0.3) is 0 Å². The Bertz CT molecular complexity index is 467. The molecule has 1 saturated heterocycles. The van der Waals surface area contributed by atoms with E-state index in [1.165, 1.54) is 0 Å². The van der Waals surface area contributed by atoms with Gasteiger partial charge in [-0.05, 0) is 32.1 Å². The molecule has 0 aromatic rings. The van der Waals surface area contributed by atoms with Crippen LogP contribution in [-0.4, -0.2) is 56.7 Å². The molecule has 0 saturated carbocycles. The molecule has 2 N–H and O–H groups in total. The second-order valence-corrected chi connectivity index (χ2v) is 8.62. The minimum atomic E-state index is -3.06. The Morgan fingerprint density at radius 1 is 1.17 bits per heavy atom. The molecule has 0 amide bonds. The lowest BCUT2D eigenvalue weighted by molar-refractivity contribution is 0.306. The molecule has 0 radical (unpaired) electrons. The van der Waals surface area contributed by atoms with Crippen LogP contribution >= 0.6 is 0 Å². The van der Waals surface area contributed by atoms with Crippen molar-refractivity contribution in [1.82, 2.24) is 14.9 Å². The lowest BCUT2D eigenvalue weighted by Gasteiger charge is -2.32. The van der Waals surface area contributed by atoms with E-state index in [4.69, 9.17) is 4.99 Å². The number of aliphatic imine (C=N–C) groups is 1. The highest BCUT2D eigenvalue weighted by atomic mass is 32.2. The number of rotatable bonds is 9. The van der Waals surface area contributed by atoms with Gasteiger partial charge in [-0.15, -0.1) is 0 Å². The minimum Gasteiger partial charge on any atom is -0.357 e. The summed E-state index contributed by atoms with van der Waals surface area (Å²) in [7, 11) is -3.06. The average molecular weight is 361 g/mol. The van der Waals surface area contributed by atoms with E-state index in [9.17, 15) is 8.42 Å². The van der Waals surface area contributed by atoms with Crippen LogP contribution < -0.4 is 10.6 Å². The Labute approximate surface area is 148 Å². The molecular formula is C17H36N4O2S. The molecule has 0 unspecified atom stereocenters. The molecule has 1 aliphatic heterocycles. The maximum atomic E-state index is 12.1. The highest BCUT2D eigenvalue weighted by Crippen LogP contribution is 2.15. The summed E-state index contributed by atoms with van der Waals surface area (Å²) in [6.07, 6.45) is 4.63. The first kappa shape index (κ1) is 21.2. The zero-order chi connectivity index (χ0) is 18.0. The highest BCUT2D eigenvalue weighted by Gasteiger charge is 2.27. The summed E-state index contributed by atoms with van der Waals surface area (Å²) in [5, 5.41) is 6.78. The molecule has 0 atom stereocenters. The van der Waals surface area contributed by atoms with Crippen molar-refractivity contribution in [2.45, 2.75) is 65.8 Å². The summed E-state index contributed by atoms with van der Waals surface area (Å²) < 4.78 is 25.9. The fourth-order valence-corrected chi connectivity index (χ4v) is 4.49. The Hall–Kier alpha value is -0.820. The van der Waals surface area contributed by atoms with Gasteiger partial charge in [-0.2, -0.15) is 0 Å². The Morgan fingerprint density at radius 3 is 2.29 bits per heavy atom. The molecule has 1 fully saturated rings. The van der Waals surface area contributed by atoms with E-state index in [2.05, 4.69) is 31.4 Å². The number of hydrogen-bond donors (Lipinski definition) is 2. The van der Waals surface area contributed by atoms with Crippen molar-refractivity contribution in [3.8, 4) is 0 Å². The predicted octanol–water partition coefficient (Wildman–Crippen LogP) is 2.18. The van der Waals surface area contributed by atoms with Crippen LogP contribution in [0.4, 0.5) is 0 Å². The number of nitrogens with zero attached hydrogens (tertiary/aromatic N) is 2. The Balaban J connectivity index is 2.54. The van der Waals surface area contributed by atoms with Crippen LogP contribution in [0.25, 0.3) is 0 Å². The van der Waals surface area contributed by atoms with Gasteiger partial charge >= 0.3 is 0 Å². The Morgan fingerprint density at radius 2 is 1.79 bits per heavy atom. The molecule has 0 aromatic carbocycles. The standard InChI is InChI=1S/C17H36N4O2S/c1-5-13-24(22,23)21-11-9-16(10-12-21)20-17(18-8-4)19-14-15(6-2)7-3/h15-16H,5-14H2,1-4H3,(H2,18,19,20). The van der Waals surface area contributed by atoms with E-state index in [1.807, 2.05) is 6.92 Å². The van der Waals surface area contributed by atoms with E-state index in [0.29, 0.717) is 25.4 Å². The molecule has 1 heterocycles. The van der Waals surface area contributed by atoms with Crippen LogP contribution in [0.5, 0.6) is 0 Å². The van der Waals surface area contributed by atoms with Crippen LogP contribution in [0, 0.1) is 5.92 Å². The van der Waals surface area contributed by atoms with Gasteiger partial charge in [-0.1, -0.05) is 33.6 Å². The summed E-state index contributed by atoms with van der Waals surface area (Å²) in [6.45, 7) is 11.3. The molecular weight excluding hydrogens is 324 g/mol. The first-order valence-corrected chi connectivity index (χ1v) is 11.1. The smallest absolute Gasteiger partial charge is 0.214 e. The minimum absolute atomic E-state index is 0.255. The zero-order valence-corrected chi connectivity index (χ0v) is 16.7. The lowest BCUT2D eigenvalue weighted by atomic mass is 10.0. The van der Waals surface area contributed by atoms with Crippen LogP contribution in [0.2, 0.25) is 0 Å². The van der Waals surface area contributed by atoms with Crippen molar-refractivity contribution in [1.29, 1.82) is 0 Å². The van der Waals surface area contributed by atoms with Crippen molar-refractivity contribution < 1.29 is 8.42 Å². The Kier molecular flexibility index (Phi) is 9.66. The van der Waals surface area contributed by atoms with Gasteiger partial charge in [0, 0.05) is 32.2 Å². The van der Waals surface area contributed by atoms with Gasteiger partial charge in [-0.3, -0.25) is 4.99 Å². The van der Waals surface area contributed by atoms with E-state index >= 15 is 0 Å².